The van der Waals surface area contributed by atoms with Gasteiger partial charge in [-0.05, 0) is 18.9 Å². The Hall–Kier alpha value is -3.20. The number of morpholine rings is 1. The first-order valence-electron chi connectivity index (χ1n) is 10.7. The standard InChI is InChI=1S/C22H22FN7O/c23-19-11-15(29-6-8-31-9-7-29)12-20(28-19)30-14-2-3-18(30)16-13-26-22(27-17(16)10-14)21-24-4-1-5-25-21/h1,4-5,11-14,18H,2-3,6-10H2/t14-,18+/m0/s1. The molecule has 0 aliphatic carbocycles. The number of hydrogen-bond acceptors (Lipinski definition) is 8. The molecule has 6 rings (SSSR count). The van der Waals surface area contributed by atoms with E-state index < -0.39 is 5.95 Å². The van der Waals surface area contributed by atoms with Crippen LogP contribution in [0.3, 0.4) is 0 Å². The number of hydrogen-bond donors (Lipinski definition) is 0. The molecule has 2 fully saturated rings. The summed E-state index contributed by atoms with van der Waals surface area (Å²) in [6.07, 6.45) is 8.04. The van der Waals surface area contributed by atoms with Crippen molar-refractivity contribution in [2.24, 2.45) is 0 Å². The Bertz CT molecular complexity index is 1110. The van der Waals surface area contributed by atoms with Crippen molar-refractivity contribution >= 4 is 11.5 Å². The number of ether oxygens (including phenoxy) is 1. The highest BCUT2D eigenvalue weighted by Crippen LogP contribution is 2.45. The van der Waals surface area contributed by atoms with Crippen LogP contribution in [0, 0.1) is 5.95 Å². The maximum absolute atomic E-state index is 14.5. The Morgan fingerprint density at radius 3 is 2.65 bits per heavy atom. The van der Waals surface area contributed by atoms with Gasteiger partial charge in [-0.3, -0.25) is 0 Å². The van der Waals surface area contributed by atoms with E-state index in [1.165, 1.54) is 6.07 Å². The molecule has 158 valence electrons. The van der Waals surface area contributed by atoms with Crippen molar-refractivity contribution < 1.29 is 9.13 Å². The minimum Gasteiger partial charge on any atom is -0.378 e. The molecule has 0 unspecified atom stereocenters. The van der Waals surface area contributed by atoms with Crippen LogP contribution in [0.5, 0.6) is 0 Å². The van der Waals surface area contributed by atoms with Crippen LogP contribution in [0.2, 0.25) is 0 Å². The monoisotopic (exact) mass is 419 g/mol. The third-order valence-electron chi connectivity index (χ3n) is 6.36. The molecule has 3 aromatic heterocycles. The summed E-state index contributed by atoms with van der Waals surface area (Å²) in [6, 6.07) is 5.65. The number of anilines is 2. The molecule has 0 N–H and O–H groups in total. The van der Waals surface area contributed by atoms with Crippen LogP contribution in [0.1, 0.15) is 30.1 Å². The molecule has 3 aliphatic rings. The van der Waals surface area contributed by atoms with Gasteiger partial charge in [-0.2, -0.15) is 4.39 Å². The highest BCUT2D eigenvalue weighted by atomic mass is 19.1. The molecule has 3 aliphatic heterocycles. The van der Waals surface area contributed by atoms with Gasteiger partial charge in [0.05, 0.1) is 24.9 Å². The van der Waals surface area contributed by atoms with Crippen LogP contribution >= 0.6 is 0 Å². The number of fused-ring (bicyclic) bond motifs is 4. The molecule has 2 atom stereocenters. The number of aromatic nitrogens is 5. The van der Waals surface area contributed by atoms with E-state index in [1.807, 2.05) is 12.3 Å². The van der Waals surface area contributed by atoms with Crippen molar-refractivity contribution in [1.29, 1.82) is 0 Å². The zero-order chi connectivity index (χ0) is 20.8. The first-order valence-corrected chi connectivity index (χ1v) is 10.7. The Balaban J connectivity index is 1.34. The smallest absolute Gasteiger partial charge is 0.216 e. The lowest BCUT2D eigenvalue weighted by Gasteiger charge is -2.37. The highest BCUT2D eigenvalue weighted by Gasteiger charge is 2.42. The number of pyridine rings is 1. The van der Waals surface area contributed by atoms with E-state index in [4.69, 9.17) is 9.72 Å². The Morgan fingerprint density at radius 2 is 1.81 bits per heavy atom. The molecule has 2 saturated heterocycles. The van der Waals surface area contributed by atoms with Crippen LogP contribution in [-0.2, 0) is 11.2 Å². The van der Waals surface area contributed by atoms with E-state index in [-0.39, 0.29) is 12.1 Å². The van der Waals surface area contributed by atoms with Crippen molar-refractivity contribution in [2.75, 3.05) is 36.1 Å². The van der Waals surface area contributed by atoms with Gasteiger partial charge >= 0.3 is 0 Å². The average Bonchev–Trinajstić information content (AvgIpc) is 3.14. The van der Waals surface area contributed by atoms with Crippen LogP contribution in [0.25, 0.3) is 11.6 Å². The number of rotatable bonds is 3. The molecule has 0 saturated carbocycles. The Morgan fingerprint density at radius 1 is 0.968 bits per heavy atom. The summed E-state index contributed by atoms with van der Waals surface area (Å²) in [5, 5.41) is 0. The first kappa shape index (κ1) is 18.6. The second-order valence-corrected chi connectivity index (χ2v) is 8.13. The van der Waals surface area contributed by atoms with Crippen molar-refractivity contribution in [3.63, 3.8) is 0 Å². The summed E-state index contributed by atoms with van der Waals surface area (Å²) in [6.45, 7) is 2.84. The quantitative estimate of drug-likeness (QED) is 0.600. The van der Waals surface area contributed by atoms with E-state index in [1.54, 1.807) is 18.5 Å². The van der Waals surface area contributed by atoms with Gasteiger partial charge in [-0.25, -0.2) is 24.9 Å². The third kappa shape index (κ3) is 3.29. The van der Waals surface area contributed by atoms with Gasteiger partial charge in [0.25, 0.3) is 0 Å². The van der Waals surface area contributed by atoms with E-state index in [9.17, 15) is 4.39 Å². The topological polar surface area (TPSA) is 80.2 Å². The van der Waals surface area contributed by atoms with Gasteiger partial charge in [0.15, 0.2) is 11.6 Å². The Kier molecular flexibility index (Phi) is 4.48. The predicted molar refractivity (Wildman–Crippen MR) is 112 cm³/mol. The Labute approximate surface area is 179 Å². The molecule has 8 nitrogen and oxygen atoms in total. The molecule has 0 amide bonds. The molecule has 0 radical (unpaired) electrons. The van der Waals surface area contributed by atoms with Gasteiger partial charge in [0.2, 0.25) is 5.95 Å². The normalized spacial score (nSPS) is 22.5. The van der Waals surface area contributed by atoms with Crippen molar-refractivity contribution in [1.82, 2.24) is 24.9 Å². The molecule has 0 aromatic carbocycles. The lowest BCUT2D eigenvalue weighted by Crippen LogP contribution is -2.39. The zero-order valence-electron chi connectivity index (χ0n) is 17.0. The second kappa shape index (κ2) is 7.49. The fourth-order valence-electron chi connectivity index (χ4n) is 4.96. The molecule has 6 heterocycles. The minimum atomic E-state index is -0.447. The van der Waals surface area contributed by atoms with Crippen molar-refractivity contribution in [3.05, 3.63) is 54.0 Å². The average molecular weight is 419 g/mol. The minimum absolute atomic E-state index is 0.103. The summed E-state index contributed by atoms with van der Waals surface area (Å²) in [4.78, 5) is 26.5. The van der Waals surface area contributed by atoms with Gasteiger partial charge in [-0.1, -0.05) is 0 Å². The maximum Gasteiger partial charge on any atom is 0.216 e. The summed E-state index contributed by atoms with van der Waals surface area (Å²) in [5.74, 6) is 1.32. The van der Waals surface area contributed by atoms with E-state index in [2.05, 4.69) is 29.7 Å². The predicted octanol–water partition coefficient (Wildman–Crippen LogP) is 2.57. The zero-order valence-corrected chi connectivity index (χ0v) is 17.0. The number of halogens is 1. The molecule has 31 heavy (non-hydrogen) atoms. The molecular formula is C22H22FN7O. The van der Waals surface area contributed by atoms with Gasteiger partial charge in [0.1, 0.15) is 5.82 Å². The van der Waals surface area contributed by atoms with Gasteiger partial charge in [-0.15, -0.1) is 0 Å². The van der Waals surface area contributed by atoms with E-state index >= 15 is 0 Å². The fraction of sp³-hybridized carbons (Fsp3) is 0.409. The third-order valence-corrected chi connectivity index (χ3v) is 6.36. The molecular weight excluding hydrogens is 397 g/mol. The van der Waals surface area contributed by atoms with Crippen molar-refractivity contribution in [3.8, 4) is 11.6 Å². The molecule has 9 heteroatoms. The molecule has 2 bridgehead atoms. The number of nitrogens with zero attached hydrogens (tertiary/aromatic N) is 7. The molecule has 0 spiro atoms. The lowest BCUT2D eigenvalue weighted by molar-refractivity contribution is 0.122. The first-order chi connectivity index (χ1) is 15.3. The van der Waals surface area contributed by atoms with E-state index in [0.29, 0.717) is 30.7 Å². The molecule has 3 aromatic rings. The van der Waals surface area contributed by atoms with Gasteiger partial charge < -0.3 is 14.5 Å². The summed E-state index contributed by atoms with van der Waals surface area (Å²) in [7, 11) is 0. The summed E-state index contributed by atoms with van der Waals surface area (Å²) >= 11 is 0. The fourth-order valence-corrected chi connectivity index (χ4v) is 4.96. The maximum atomic E-state index is 14.5. The summed E-state index contributed by atoms with van der Waals surface area (Å²) in [5.41, 5.74) is 2.99. The SMILES string of the molecule is Fc1cc(N2CCOCC2)cc(N2[C@H]3CC[C@@H]2c2cnc(-c4ncccn4)nc2C3)n1. The van der Waals surface area contributed by atoms with Crippen molar-refractivity contribution in [2.45, 2.75) is 31.3 Å². The van der Waals surface area contributed by atoms with Crippen LogP contribution in [0.15, 0.2) is 36.8 Å². The van der Waals surface area contributed by atoms with Crippen LogP contribution in [0.4, 0.5) is 15.9 Å². The van der Waals surface area contributed by atoms with Crippen LogP contribution in [-0.4, -0.2) is 57.3 Å². The van der Waals surface area contributed by atoms with Crippen LogP contribution < -0.4 is 9.80 Å². The largest absolute Gasteiger partial charge is 0.378 e. The lowest BCUT2D eigenvalue weighted by atomic mass is 9.99. The highest BCUT2D eigenvalue weighted by molar-refractivity contribution is 5.59. The summed E-state index contributed by atoms with van der Waals surface area (Å²) < 4.78 is 20.0. The second-order valence-electron chi connectivity index (χ2n) is 8.13. The van der Waals surface area contributed by atoms with E-state index in [0.717, 1.165) is 49.3 Å². The van der Waals surface area contributed by atoms with Gasteiger partial charge in [0, 0.05) is 67.5 Å².